The van der Waals surface area contributed by atoms with Gasteiger partial charge in [0, 0.05) is 18.0 Å². The normalized spacial score (nSPS) is 12.5. The van der Waals surface area contributed by atoms with Gasteiger partial charge in [0.25, 0.3) is 0 Å². The van der Waals surface area contributed by atoms with Crippen molar-refractivity contribution in [3.8, 4) is 0 Å². The Morgan fingerprint density at radius 1 is 1.03 bits per heavy atom. The van der Waals surface area contributed by atoms with Crippen LogP contribution >= 0.6 is 0 Å². The number of esters is 1. The van der Waals surface area contributed by atoms with E-state index in [1.165, 1.54) is 17.2 Å². The van der Waals surface area contributed by atoms with E-state index in [-0.39, 0.29) is 11.7 Å². The molecule has 0 aliphatic heterocycles. The molecule has 3 aromatic rings. The zero-order chi connectivity index (χ0) is 22.6. The van der Waals surface area contributed by atoms with Crippen molar-refractivity contribution < 1.29 is 19.1 Å². The monoisotopic (exact) mass is 422 g/mol. The molecule has 0 aliphatic rings. The van der Waals surface area contributed by atoms with Crippen LogP contribution < -0.4 is 5.32 Å². The first-order chi connectivity index (χ1) is 14.7. The summed E-state index contributed by atoms with van der Waals surface area (Å²) in [6, 6.07) is 18.0. The summed E-state index contributed by atoms with van der Waals surface area (Å²) < 4.78 is 11.7. The first-order valence-corrected chi connectivity index (χ1v) is 10.4. The molecule has 0 radical (unpaired) electrons. The number of aromatic nitrogens is 1. The largest absolute Gasteiger partial charge is 0.464 e. The molecule has 0 fully saturated rings. The van der Waals surface area contributed by atoms with E-state index in [0.29, 0.717) is 5.52 Å². The van der Waals surface area contributed by atoms with Crippen LogP contribution in [-0.4, -0.2) is 35.4 Å². The van der Waals surface area contributed by atoms with Crippen LogP contribution in [-0.2, 0) is 22.4 Å². The molecule has 0 saturated heterocycles. The maximum atomic E-state index is 12.8. The molecule has 1 atom stereocenters. The van der Waals surface area contributed by atoms with E-state index in [1.54, 1.807) is 26.8 Å². The minimum Gasteiger partial charge on any atom is -0.464 e. The van der Waals surface area contributed by atoms with Crippen LogP contribution in [0.3, 0.4) is 0 Å². The molecular weight excluding hydrogens is 392 g/mol. The van der Waals surface area contributed by atoms with Gasteiger partial charge < -0.3 is 14.8 Å². The number of fused-ring (bicyclic) bond motifs is 1. The Bertz CT molecular complexity index is 1060. The van der Waals surface area contributed by atoms with Gasteiger partial charge in [-0.15, -0.1) is 0 Å². The lowest BCUT2D eigenvalue weighted by atomic mass is 10.0. The van der Waals surface area contributed by atoms with Gasteiger partial charge in [-0.1, -0.05) is 36.4 Å². The van der Waals surface area contributed by atoms with Crippen molar-refractivity contribution in [2.75, 3.05) is 7.11 Å². The van der Waals surface area contributed by atoms with Crippen LogP contribution in [0.15, 0.2) is 54.6 Å². The number of nitrogens with one attached hydrogen (secondary N) is 1. The third-order valence-corrected chi connectivity index (χ3v) is 4.88. The molecule has 1 aromatic heterocycles. The SMILES string of the molecule is COC(=O)c1cc2cc(CC(C)NCc3ccccc3)ccc2n1C(=O)OC(C)(C)C. The van der Waals surface area contributed by atoms with Gasteiger partial charge in [-0.2, -0.15) is 0 Å². The Hall–Kier alpha value is -3.12. The third-order valence-electron chi connectivity index (χ3n) is 4.88. The Labute approximate surface area is 183 Å². The molecule has 6 nitrogen and oxygen atoms in total. The van der Waals surface area contributed by atoms with E-state index in [9.17, 15) is 9.59 Å². The van der Waals surface area contributed by atoms with Gasteiger partial charge in [0.1, 0.15) is 11.3 Å². The highest BCUT2D eigenvalue weighted by molar-refractivity contribution is 6.01. The maximum absolute atomic E-state index is 12.8. The molecule has 0 amide bonds. The van der Waals surface area contributed by atoms with E-state index in [2.05, 4.69) is 24.4 Å². The average Bonchev–Trinajstić information content (AvgIpc) is 3.10. The first kappa shape index (κ1) is 22.6. The highest BCUT2D eigenvalue weighted by Gasteiger charge is 2.25. The summed E-state index contributed by atoms with van der Waals surface area (Å²) in [7, 11) is 1.30. The highest BCUT2D eigenvalue weighted by atomic mass is 16.6. The van der Waals surface area contributed by atoms with Crippen molar-refractivity contribution in [2.45, 2.75) is 52.3 Å². The minimum absolute atomic E-state index is 0.152. The fourth-order valence-corrected chi connectivity index (χ4v) is 3.46. The quantitative estimate of drug-likeness (QED) is 0.570. The van der Waals surface area contributed by atoms with Gasteiger partial charge >= 0.3 is 12.1 Å². The number of rotatable bonds is 6. The second kappa shape index (κ2) is 9.35. The van der Waals surface area contributed by atoms with Crippen LogP contribution in [0.5, 0.6) is 0 Å². The second-order valence-electron chi connectivity index (χ2n) is 8.70. The van der Waals surface area contributed by atoms with E-state index in [4.69, 9.17) is 9.47 Å². The van der Waals surface area contributed by atoms with Gasteiger partial charge in [0.2, 0.25) is 0 Å². The number of hydrogen-bond donors (Lipinski definition) is 1. The zero-order valence-corrected chi connectivity index (χ0v) is 18.8. The van der Waals surface area contributed by atoms with Crippen molar-refractivity contribution in [1.29, 1.82) is 0 Å². The number of ether oxygens (including phenoxy) is 2. The molecule has 31 heavy (non-hydrogen) atoms. The van der Waals surface area contributed by atoms with Gasteiger partial charge in [0.05, 0.1) is 12.6 Å². The molecule has 0 spiro atoms. The van der Waals surface area contributed by atoms with E-state index in [1.807, 2.05) is 36.4 Å². The third kappa shape index (κ3) is 5.73. The molecule has 1 unspecified atom stereocenters. The zero-order valence-electron chi connectivity index (χ0n) is 18.8. The van der Waals surface area contributed by atoms with Gasteiger partial charge in [-0.25, -0.2) is 14.2 Å². The number of methoxy groups -OCH3 is 1. The maximum Gasteiger partial charge on any atom is 0.419 e. The lowest BCUT2D eigenvalue weighted by Crippen LogP contribution is -2.29. The number of hydrogen-bond acceptors (Lipinski definition) is 5. The second-order valence-corrected chi connectivity index (χ2v) is 8.70. The number of nitrogens with zero attached hydrogens (tertiary/aromatic N) is 1. The predicted molar refractivity (Wildman–Crippen MR) is 121 cm³/mol. The Morgan fingerprint density at radius 3 is 2.39 bits per heavy atom. The summed E-state index contributed by atoms with van der Waals surface area (Å²) in [4.78, 5) is 25.1. The molecule has 164 valence electrons. The molecule has 0 bridgehead atoms. The van der Waals surface area contributed by atoms with Crippen molar-refractivity contribution in [2.24, 2.45) is 0 Å². The summed E-state index contributed by atoms with van der Waals surface area (Å²) >= 11 is 0. The molecule has 1 N–H and O–H groups in total. The fraction of sp³-hybridized carbons (Fsp3) is 0.360. The summed E-state index contributed by atoms with van der Waals surface area (Å²) in [5.41, 5.74) is 2.43. The standard InChI is InChI=1S/C25H30N2O4/c1-17(26-16-18-9-7-6-8-10-18)13-19-11-12-21-20(14-19)15-22(23(28)30-5)27(21)24(29)31-25(2,3)4/h6-12,14-15,17,26H,13,16H2,1-5H3. The van der Waals surface area contributed by atoms with Crippen molar-refractivity contribution in [3.05, 3.63) is 71.4 Å². The predicted octanol–water partition coefficient (Wildman–Crippen LogP) is 4.93. The number of carbonyl (C=O) groups excluding carboxylic acids is 2. The smallest absolute Gasteiger partial charge is 0.419 e. The Morgan fingerprint density at radius 2 is 1.74 bits per heavy atom. The fourth-order valence-electron chi connectivity index (χ4n) is 3.46. The number of benzene rings is 2. The molecule has 0 saturated carbocycles. The van der Waals surface area contributed by atoms with E-state index >= 15 is 0 Å². The topological polar surface area (TPSA) is 69.6 Å². The number of carbonyl (C=O) groups is 2. The highest BCUT2D eigenvalue weighted by Crippen LogP contribution is 2.24. The van der Waals surface area contributed by atoms with Gasteiger partial charge in [-0.3, -0.25) is 0 Å². The summed E-state index contributed by atoms with van der Waals surface area (Å²) in [6.07, 6.45) is 0.210. The molecule has 1 heterocycles. The average molecular weight is 423 g/mol. The molecule has 2 aromatic carbocycles. The lowest BCUT2D eigenvalue weighted by Gasteiger charge is -2.20. The van der Waals surface area contributed by atoms with E-state index < -0.39 is 17.7 Å². The Balaban J connectivity index is 1.83. The van der Waals surface area contributed by atoms with Crippen molar-refractivity contribution in [3.63, 3.8) is 0 Å². The summed E-state index contributed by atoms with van der Waals surface area (Å²) in [6.45, 7) is 8.30. The van der Waals surface area contributed by atoms with Crippen molar-refractivity contribution in [1.82, 2.24) is 9.88 Å². The Kier molecular flexibility index (Phi) is 6.81. The van der Waals surface area contributed by atoms with Crippen LogP contribution in [0.25, 0.3) is 10.9 Å². The van der Waals surface area contributed by atoms with Crippen LogP contribution in [0.1, 0.15) is 49.3 Å². The summed E-state index contributed by atoms with van der Waals surface area (Å²) in [5.74, 6) is -0.582. The lowest BCUT2D eigenvalue weighted by molar-refractivity contribution is 0.0489. The van der Waals surface area contributed by atoms with Crippen molar-refractivity contribution >= 4 is 23.0 Å². The minimum atomic E-state index is -0.680. The molecular formula is C25H30N2O4. The van der Waals surface area contributed by atoms with Crippen LogP contribution in [0, 0.1) is 0 Å². The van der Waals surface area contributed by atoms with Crippen LogP contribution in [0.2, 0.25) is 0 Å². The van der Waals surface area contributed by atoms with Gasteiger partial charge in [0.15, 0.2) is 0 Å². The van der Waals surface area contributed by atoms with Gasteiger partial charge in [-0.05, 0) is 63.4 Å². The molecule has 0 aliphatic carbocycles. The summed E-state index contributed by atoms with van der Waals surface area (Å²) in [5, 5.41) is 4.32. The first-order valence-electron chi connectivity index (χ1n) is 10.4. The molecule has 3 rings (SSSR count). The van der Waals surface area contributed by atoms with Crippen LogP contribution in [0.4, 0.5) is 4.79 Å². The molecule has 6 heteroatoms. The van der Waals surface area contributed by atoms with E-state index in [0.717, 1.165) is 23.9 Å².